The van der Waals surface area contributed by atoms with Crippen molar-refractivity contribution >= 4 is 15.8 Å². The van der Waals surface area contributed by atoms with Crippen molar-refractivity contribution in [2.45, 2.75) is 23.7 Å². The van der Waals surface area contributed by atoms with Crippen molar-refractivity contribution in [2.75, 3.05) is 45.3 Å². The van der Waals surface area contributed by atoms with Gasteiger partial charge in [0, 0.05) is 38.2 Å². The van der Waals surface area contributed by atoms with Gasteiger partial charge >= 0.3 is 0 Å². The zero-order valence-corrected chi connectivity index (χ0v) is 16.9. The van der Waals surface area contributed by atoms with Gasteiger partial charge in [-0.1, -0.05) is 0 Å². The number of hydrogen-bond acceptors (Lipinski definition) is 7. The van der Waals surface area contributed by atoms with Gasteiger partial charge in [0.15, 0.2) is 5.82 Å². The van der Waals surface area contributed by atoms with Crippen molar-refractivity contribution in [3.63, 3.8) is 0 Å². The molecule has 4 rings (SSSR count). The Hall–Kier alpha value is -2.39. The Morgan fingerprint density at radius 3 is 2.29 bits per heavy atom. The molecule has 1 saturated carbocycles. The number of anilines is 1. The number of benzene rings is 1. The third kappa shape index (κ3) is 3.64. The maximum Gasteiger partial charge on any atom is 0.246 e. The zero-order valence-electron chi connectivity index (χ0n) is 16.0. The zero-order chi connectivity index (χ0) is 19.7. The molecule has 1 aliphatic carbocycles. The molecule has 0 bridgehead atoms. The predicted octanol–water partition coefficient (Wildman–Crippen LogP) is 1.88. The largest absolute Gasteiger partial charge is 0.497 e. The Kier molecular flexibility index (Phi) is 5.11. The Morgan fingerprint density at radius 1 is 0.964 bits per heavy atom. The van der Waals surface area contributed by atoms with Crippen LogP contribution in [0.25, 0.3) is 0 Å². The van der Waals surface area contributed by atoms with Gasteiger partial charge in [0.25, 0.3) is 0 Å². The van der Waals surface area contributed by atoms with E-state index in [1.807, 2.05) is 12.1 Å². The van der Waals surface area contributed by atoms with Crippen LogP contribution in [-0.4, -0.2) is 63.3 Å². The maximum absolute atomic E-state index is 13.1. The minimum absolute atomic E-state index is 0.151. The van der Waals surface area contributed by atoms with Crippen molar-refractivity contribution in [2.24, 2.45) is 0 Å². The highest BCUT2D eigenvalue weighted by molar-refractivity contribution is 7.89. The molecule has 1 aromatic heterocycles. The maximum atomic E-state index is 13.1. The van der Waals surface area contributed by atoms with Crippen LogP contribution in [0.5, 0.6) is 11.5 Å². The van der Waals surface area contributed by atoms with Crippen LogP contribution in [0.3, 0.4) is 0 Å². The summed E-state index contributed by atoms with van der Waals surface area (Å²) >= 11 is 0. The topological polar surface area (TPSA) is 84.9 Å². The van der Waals surface area contributed by atoms with Crippen molar-refractivity contribution in [3.8, 4) is 11.5 Å². The summed E-state index contributed by atoms with van der Waals surface area (Å²) in [6.45, 7) is 1.89. The lowest BCUT2D eigenvalue weighted by Crippen LogP contribution is -2.49. The van der Waals surface area contributed by atoms with Gasteiger partial charge in [-0.05, 0) is 37.1 Å². The highest BCUT2D eigenvalue weighted by Gasteiger charge is 2.32. The van der Waals surface area contributed by atoms with Gasteiger partial charge < -0.3 is 14.4 Å². The smallest absolute Gasteiger partial charge is 0.246 e. The average molecular weight is 404 g/mol. The van der Waals surface area contributed by atoms with Gasteiger partial charge in [-0.3, -0.25) is 0 Å². The number of ether oxygens (including phenoxy) is 2. The van der Waals surface area contributed by atoms with Crippen LogP contribution in [0, 0.1) is 0 Å². The fourth-order valence-corrected chi connectivity index (χ4v) is 4.94. The van der Waals surface area contributed by atoms with Crippen molar-refractivity contribution in [1.29, 1.82) is 0 Å². The second-order valence-corrected chi connectivity index (χ2v) is 8.90. The second-order valence-electron chi connectivity index (χ2n) is 7.00. The molecule has 9 heteroatoms. The van der Waals surface area contributed by atoms with Crippen LogP contribution in [0.15, 0.2) is 35.2 Å². The normalized spacial score (nSPS) is 18.1. The van der Waals surface area contributed by atoms with E-state index in [0.29, 0.717) is 37.8 Å². The second kappa shape index (κ2) is 7.56. The predicted molar refractivity (Wildman–Crippen MR) is 105 cm³/mol. The van der Waals surface area contributed by atoms with Crippen molar-refractivity contribution in [1.82, 2.24) is 14.5 Å². The molecule has 0 N–H and O–H groups in total. The number of methoxy groups -OCH3 is 2. The van der Waals surface area contributed by atoms with E-state index in [1.54, 1.807) is 12.1 Å². The quantitative estimate of drug-likeness (QED) is 0.727. The van der Waals surface area contributed by atoms with Crippen LogP contribution < -0.4 is 14.4 Å². The molecule has 2 heterocycles. The van der Waals surface area contributed by atoms with E-state index in [2.05, 4.69) is 15.1 Å². The highest BCUT2D eigenvalue weighted by Crippen LogP contribution is 2.38. The van der Waals surface area contributed by atoms with E-state index in [9.17, 15) is 8.42 Å². The molecule has 0 amide bonds. The number of hydrogen-bond donors (Lipinski definition) is 0. The lowest BCUT2D eigenvalue weighted by molar-refractivity contribution is 0.369. The van der Waals surface area contributed by atoms with Gasteiger partial charge in [-0.25, -0.2) is 8.42 Å². The Labute approximate surface area is 165 Å². The molecule has 1 aliphatic heterocycles. The summed E-state index contributed by atoms with van der Waals surface area (Å²) < 4.78 is 38.1. The molecule has 1 aromatic carbocycles. The third-order valence-corrected chi connectivity index (χ3v) is 7.16. The van der Waals surface area contributed by atoms with Crippen molar-refractivity contribution < 1.29 is 17.9 Å². The molecule has 2 aliphatic rings. The molecular weight excluding hydrogens is 380 g/mol. The van der Waals surface area contributed by atoms with Crippen LogP contribution in [0.4, 0.5) is 5.82 Å². The fraction of sp³-hybridized carbons (Fsp3) is 0.474. The van der Waals surface area contributed by atoms with E-state index in [1.165, 1.54) is 37.4 Å². The van der Waals surface area contributed by atoms with Gasteiger partial charge in [0.1, 0.15) is 16.4 Å². The van der Waals surface area contributed by atoms with E-state index in [4.69, 9.17) is 9.47 Å². The van der Waals surface area contributed by atoms with Crippen LogP contribution >= 0.6 is 0 Å². The number of sulfonamides is 1. The summed E-state index contributed by atoms with van der Waals surface area (Å²) in [5.41, 5.74) is 1.05. The first-order chi connectivity index (χ1) is 13.5. The van der Waals surface area contributed by atoms with E-state index in [-0.39, 0.29) is 10.6 Å². The Balaban J connectivity index is 1.46. The molecule has 0 radical (unpaired) electrons. The van der Waals surface area contributed by atoms with E-state index in [0.717, 1.165) is 11.5 Å². The summed E-state index contributed by atoms with van der Waals surface area (Å²) in [7, 11) is -0.671. The summed E-state index contributed by atoms with van der Waals surface area (Å²) in [6.07, 6.45) is 2.39. The lowest BCUT2D eigenvalue weighted by Gasteiger charge is -2.34. The highest BCUT2D eigenvalue weighted by atomic mass is 32.2. The van der Waals surface area contributed by atoms with E-state index >= 15 is 0 Å². The first-order valence-electron chi connectivity index (χ1n) is 9.33. The van der Waals surface area contributed by atoms with E-state index < -0.39 is 10.0 Å². The molecule has 28 heavy (non-hydrogen) atoms. The summed E-state index contributed by atoms with van der Waals surface area (Å²) in [4.78, 5) is 2.22. The number of aromatic nitrogens is 2. The molecule has 0 unspecified atom stereocenters. The summed E-state index contributed by atoms with van der Waals surface area (Å²) in [6, 6.07) is 8.76. The van der Waals surface area contributed by atoms with Crippen LogP contribution in [0.1, 0.15) is 24.5 Å². The first kappa shape index (κ1) is 18.9. The van der Waals surface area contributed by atoms with Crippen molar-refractivity contribution in [3.05, 3.63) is 36.0 Å². The monoisotopic (exact) mass is 404 g/mol. The van der Waals surface area contributed by atoms with Gasteiger partial charge in [-0.15, -0.1) is 5.10 Å². The minimum atomic E-state index is -3.65. The Morgan fingerprint density at radius 2 is 1.71 bits per heavy atom. The molecule has 150 valence electrons. The molecular formula is C19H24N4O4S. The molecule has 2 fully saturated rings. The molecule has 0 spiro atoms. The van der Waals surface area contributed by atoms with Crippen LogP contribution in [-0.2, 0) is 10.0 Å². The molecule has 8 nitrogen and oxygen atoms in total. The third-order valence-electron chi connectivity index (χ3n) is 5.22. The molecule has 2 aromatic rings. The van der Waals surface area contributed by atoms with Gasteiger partial charge in [0.05, 0.1) is 19.9 Å². The molecule has 1 saturated heterocycles. The SMILES string of the molecule is COc1ccc(S(=O)(=O)N2CCN(c3ccc(C4CC4)nn3)CC2)c(OC)c1. The van der Waals surface area contributed by atoms with Gasteiger partial charge in [0.2, 0.25) is 10.0 Å². The standard InChI is InChI=1S/C19H24N4O4S/c1-26-15-5-7-18(17(13-15)27-2)28(24,25)23-11-9-22(10-12-23)19-8-6-16(20-21-19)14-3-4-14/h5-8,13-14H,3-4,9-12H2,1-2H3. The fourth-order valence-electron chi connectivity index (χ4n) is 3.39. The Bertz CT molecular complexity index is 937. The van der Waals surface area contributed by atoms with Gasteiger partial charge in [-0.2, -0.15) is 9.40 Å². The number of piperazine rings is 1. The number of nitrogens with zero attached hydrogens (tertiary/aromatic N) is 4. The lowest BCUT2D eigenvalue weighted by atomic mass is 10.2. The number of rotatable bonds is 6. The minimum Gasteiger partial charge on any atom is -0.497 e. The summed E-state index contributed by atoms with van der Waals surface area (Å²) in [5, 5.41) is 8.65. The summed E-state index contributed by atoms with van der Waals surface area (Å²) in [5.74, 6) is 2.20. The average Bonchev–Trinajstić information content (AvgIpc) is 3.59. The first-order valence-corrected chi connectivity index (χ1v) is 10.8. The molecule has 0 atom stereocenters. The van der Waals surface area contributed by atoms with Crippen LogP contribution in [0.2, 0.25) is 0 Å².